The SMILES string of the molecule is COc1ccc2[nH]cc(C3=CCN(c4ccc(C(N)=O)cc4[N+](=O)[O-])CC3)c2c1. The van der Waals surface area contributed by atoms with Crippen LogP contribution in [0.25, 0.3) is 16.5 Å². The summed E-state index contributed by atoms with van der Waals surface area (Å²) in [6.45, 7) is 1.15. The lowest BCUT2D eigenvalue weighted by molar-refractivity contribution is -0.384. The third-order valence-electron chi connectivity index (χ3n) is 5.24. The molecule has 0 saturated heterocycles. The van der Waals surface area contributed by atoms with Gasteiger partial charge in [-0.15, -0.1) is 0 Å². The van der Waals surface area contributed by atoms with Crippen LogP contribution in [0.5, 0.6) is 5.75 Å². The first kappa shape index (κ1) is 18.5. The minimum absolute atomic E-state index is 0.116. The number of aromatic nitrogens is 1. The number of amides is 1. The van der Waals surface area contributed by atoms with Crippen molar-refractivity contribution in [1.82, 2.24) is 4.98 Å². The van der Waals surface area contributed by atoms with Crippen LogP contribution < -0.4 is 15.4 Å². The van der Waals surface area contributed by atoms with Crippen LogP contribution in [0.1, 0.15) is 22.3 Å². The molecule has 3 aromatic rings. The van der Waals surface area contributed by atoms with Crippen molar-refractivity contribution in [2.75, 3.05) is 25.1 Å². The zero-order valence-corrected chi connectivity index (χ0v) is 15.8. The Bertz CT molecular complexity index is 1150. The molecule has 8 heteroatoms. The maximum absolute atomic E-state index is 11.5. The molecule has 3 N–H and O–H groups in total. The molecular formula is C21H20N4O4. The number of methoxy groups -OCH3 is 1. The maximum Gasteiger partial charge on any atom is 0.293 e. The number of benzene rings is 2. The molecule has 29 heavy (non-hydrogen) atoms. The highest BCUT2D eigenvalue weighted by Crippen LogP contribution is 2.35. The van der Waals surface area contributed by atoms with E-state index >= 15 is 0 Å². The van der Waals surface area contributed by atoms with Gasteiger partial charge in [0.25, 0.3) is 5.69 Å². The van der Waals surface area contributed by atoms with E-state index in [2.05, 4.69) is 11.1 Å². The van der Waals surface area contributed by atoms with Crippen LogP contribution in [-0.4, -0.2) is 36.0 Å². The number of fused-ring (bicyclic) bond motifs is 1. The van der Waals surface area contributed by atoms with Gasteiger partial charge in [-0.05, 0) is 42.3 Å². The Kier molecular flexibility index (Phi) is 4.67. The fraction of sp³-hybridized carbons (Fsp3) is 0.190. The lowest BCUT2D eigenvalue weighted by atomic mass is 9.98. The summed E-state index contributed by atoms with van der Waals surface area (Å²) in [5.41, 5.74) is 9.06. The monoisotopic (exact) mass is 392 g/mol. The van der Waals surface area contributed by atoms with E-state index in [0.29, 0.717) is 18.8 Å². The molecule has 0 atom stereocenters. The largest absolute Gasteiger partial charge is 0.497 e. The molecule has 1 aromatic heterocycles. The van der Waals surface area contributed by atoms with E-state index in [1.165, 1.54) is 17.7 Å². The smallest absolute Gasteiger partial charge is 0.293 e. The second-order valence-corrected chi connectivity index (χ2v) is 6.86. The number of nitro groups is 1. The molecule has 0 radical (unpaired) electrons. The van der Waals surface area contributed by atoms with Crippen molar-refractivity contribution >= 4 is 33.8 Å². The van der Waals surface area contributed by atoms with E-state index in [1.54, 1.807) is 13.2 Å². The number of nitrogens with one attached hydrogen (secondary N) is 1. The van der Waals surface area contributed by atoms with E-state index in [4.69, 9.17) is 10.5 Å². The number of aromatic amines is 1. The molecule has 2 aromatic carbocycles. The number of rotatable bonds is 5. The van der Waals surface area contributed by atoms with E-state index in [0.717, 1.165) is 28.6 Å². The summed E-state index contributed by atoms with van der Waals surface area (Å²) < 4.78 is 5.33. The third-order valence-corrected chi connectivity index (χ3v) is 5.24. The predicted octanol–water partition coefficient (Wildman–Crippen LogP) is 3.48. The van der Waals surface area contributed by atoms with E-state index < -0.39 is 10.8 Å². The molecule has 0 fully saturated rings. The number of H-pyrrole nitrogens is 1. The lowest BCUT2D eigenvalue weighted by Gasteiger charge is -2.28. The number of carbonyl (C=O) groups excluding carboxylic acids is 1. The summed E-state index contributed by atoms with van der Waals surface area (Å²) in [5, 5.41) is 12.6. The fourth-order valence-corrected chi connectivity index (χ4v) is 3.72. The van der Waals surface area contributed by atoms with Gasteiger partial charge in [0.2, 0.25) is 5.91 Å². The molecule has 2 heterocycles. The number of primary amides is 1. The number of anilines is 1. The number of hydrogen-bond donors (Lipinski definition) is 2. The van der Waals surface area contributed by atoms with Crippen molar-refractivity contribution in [2.45, 2.75) is 6.42 Å². The van der Waals surface area contributed by atoms with Crippen LogP contribution in [0.2, 0.25) is 0 Å². The number of ether oxygens (including phenoxy) is 1. The number of nitro benzene ring substituents is 1. The Morgan fingerprint density at radius 2 is 2.10 bits per heavy atom. The Hall–Kier alpha value is -3.81. The van der Waals surface area contributed by atoms with Crippen molar-refractivity contribution < 1.29 is 14.5 Å². The van der Waals surface area contributed by atoms with Gasteiger partial charge in [-0.3, -0.25) is 14.9 Å². The van der Waals surface area contributed by atoms with Crippen LogP contribution in [0.15, 0.2) is 48.7 Å². The highest BCUT2D eigenvalue weighted by molar-refractivity contribution is 5.95. The third kappa shape index (κ3) is 3.40. The standard InChI is InChI=1S/C21H20N4O4/c1-29-15-3-4-18-16(11-15)17(12-23-18)13-6-8-24(9-7-13)19-5-2-14(21(22)26)10-20(19)25(27)28/h2-6,10-12,23H,7-9H2,1H3,(H2,22,26). The second-order valence-electron chi connectivity index (χ2n) is 6.86. The van der Waals surface area contributed by atoms with Gasteiger partial charge in [0, 0.05) is 47.4 Å². The van der Waals surface area contributed by atoms with Gasteiger partial charge in [0.15, 0.2) is 0 Å². The summed E-state index contributed by atoms with van der Waals surface area (Å²) in [6, 6.07) is 10.2. The van der Waals surface area contributed by atoms with Gasteiger partial charge in [0.1, 0.15) is 11.4 Å². The van der Waals surface area contributed by atoms with Crippen LogP contribution in [0, 0.1) is 10.1 Å². The quantitative estimate of drug-likeness (QED) is 0.510. The molecule has 1 aliphatic heterocycles. The molecule has 1 amide bonds. The van der Waals surface area contributed by atoms with Gasteiger partial charge in [-0.25, -0.2) is 0 Å². The minimum Gasteiger partial charge on any atom is -0.497 e. The van der Waals surface area contributed by atoms with Gasteiger partial charge in [-0.1, -0.05) is 6.08 Å². The highest BCUT2D eigenvalue weighted by atomic mass is 16.6. The van der Waals surface area contributed by atoms with Crippen molar-refractivity contribution in [2.24, 2.45) is 5.73 Å². The van der Waals surface area contributed by atoms with Gasteiger partial charge in [-0.2, -0.15) is 0 Å². The van der Waals surface area contributed by atoms with Gasteiger partial charge >= 0.3 is 0 Å². The van der Waals surface area contributed by atoms with E-state index in [1.807, 2.05) is 29.3 Å². The summed E-state index contributed by atoms with van der Waals surface area (Å²) in [5.74, 6) is 0.108. The van der Waals surface area contributed by atoms with E-state index in [9.17, 15) is 14.9 Å². The first-order valence-corrected chi connectivity index (χ1v) is 9.15. The van der Waals surface area contributed by atoms with Crippen molar-refractivity contribution in [1.29, 1.82) is 0 Å². The molecule has 0 aliphatic carbocycles. The second kappa shape index (κ2) is 7.31. The van der Waals surface area contributed by atoms with Crippen LogP contribution in [0.3, 0.4) is 0 Å². The van der Waals surface area contributed by atoms with Crippen molar-refractivity contribution in [3.05, 3.63) is 69.9 Å². The molecule has 8 nitrogen and oxygen atoms in total. The average molecular weight is 392 g/mol. The Morgan fingerprint density at radius 3 is 2.76 bits per heavy atom. The minimum atomic E-state index is -0.685. The number of nitrogens with zero attached hydrogens (tertiary/aromatic N) is 2. The van der Waals surface area contributed by atoms with Crippen molar-refractivity contribution in [3.8, 4) is 5.75 Å². The lowest BCUT2D eigenvalue weighted by Crippen LogP contribution is -2.29. The average Bonchev–Trinajstić information content (AvgIpc) is 3.16. The van der Waals surface area contributed by atoms with Crippen LogP contribution in [0.4, 0.5) is 11.4 Å². The topological polar surface area (TPSA) is 114 Å². The first-order valence-electron chi connectivity index (χ1n) is 9.15. The molecule has 0 bridgehead atoms. The van der Waals surface area contributed by atoms with Crippen LogP contribution >= 0.6 is 0 Å². The summed E-state index contributed by atoms with van der Waals surface area (Å²) in [7, 11) is 1.64. The first-order chi connectivity index (χ1) is 14.0. The number of carbonyl (C=O) groups is 1. The highest BCUT2D eigenvalue weighted by Gasteiger charge is 2.23. The zero-order chi connectivity index (χ0) is 20.5. The summed E-state index contributed by atoms with van der Waals surface area (Å²) >= 11 is 0. The maximum atomic E-state index is 11.5. The van der Waals surface area contributed by atoms with Crippen LogP contribution in [-0.2, 0) is 0 Å². The predicted molar refractivity (Wildman–Crippen MR) is 111 cm³/mol. The molecule has 148 valence electrons. The molecule has 0 saturated carbocycles. The zero-order valence-electron chi connectivity index (χ0n) is 15.8. The van der Waals surface area contributed by atoms with E-state index in [-0.39, 0.29) is 11.3 Å². The molecule has 4 rings (SSSR count). The Labute approximate surface area is 166 Å². The fourth-order valence-electron chi connectivity index (χ4n) is 3.72. The normalized spacial score (nSPS) is 14.0. The van der Waals surface area contributed by atoms with Gasteiger partial charge < -0.3 is 20.4 Å². The Morgan fingerprint density at radius 1 is 1.28 bits per heavy atom. The summed E-state index contributed by atoms with van der Waals surface area (Å²) in [4.78, 5) is 27.6. The number of nitrogens with two attached hydrogens (primary N) is 1. The molecule has 1 aliphatic rings. The Balaban J connectivity index is 1.64. The van der Waals surface area contributed by atoms with Gasteiger partial charge in [0.05, 0.1) is 12.0 Å². The summed E-state index contributed by atoms with van der Waals surface area (Å²) in [6.07, 6.45) is 4.80. The molecule has 0 unspecified atom stereocenters. The molecular weight excluding hydrogens is 372 g/mol. The number of hydrogen-bond acceptors (Lipinski definition) is 5. The van der Waals surface area contributed by atoms with Crippen molar-refractivity contribution in [3.63, 3.8) is 0 Å². The molecule has 0 spiro atoms.